The van der Waals surface area contributed by atoms with E-state index in [9.17, 15) is 37.5 Å². The number of β-amino-alcohol motifs (C(OH)–C–C–N with tert-alkyl or cyclic N) is 1. The average Bonchev–Trinajstić information content (AvgIpc) is 4.04. The van der Waals surface area contributed by atoms with E-state index in [1.807, 2.05) is 38.1 Å². The van der Waals surface area contributed by atoms with Gasteiger partial charge in [0.05, 0.1) is 50.4 Å². The van der Waals surface area contributed by atoms with E-state index < -0.39 is 63.9 Å². The van der Waals surface area contributed by atoms with Crippen LogP contribution >= 0.6 is 11.3 Å². The Morgan fingerprint density at radius 3 is 2.33 bits per heavy atom. The van der Waals surface area contributed by atoms with E-state index >= 15 is 0 Å². The number of benzene rings is 4. The molecule has 5 N–H and O–H groups in total. The quantitative estimate of drug-likeness (QED) is 0.0551. The number of carbonyl (C=O) groups excluding carboxylic acids is 4. The third kappa shape index (κ3) is 13.1. The zero-order chi connectivity index (χ0) is 52.6. The highest BCUT2D eigenvalue weighted by molar-refractivity contribution is 7.92. The van der Waals surface area contributed by atoms with E-state index in [4.69, 9.17) is 14.2 Å². The summed E-state index contributed by atoms with van der Waals surface area (Å²) in [6, 6.07) is 21.3. The first kappa shape index (κ1) is 53.7. The minimum absolute atomic E-state index is 0.0490. The molecule has 1 saturated heterocycles. The van der Waals surface area contributed by atoms with Crippen molar-refractivity contribution < 1.29 is 46.9 Å². The lowest BCUT2D eigenvalue weighted by Crippen LogP contribution is -2.58. The molecule has 0 aliphatic carbocycles. The van der Waals surface area contributed by atoms with Gasteiger partial charge < -0.3 is 40.2 Å². The molecule has 19 nitrogen and oxygen atoms in total. The molecule has 0 spiro atoms. The summed E-state index contributed by atoms with van der Waals surface area (Å²) in [6.45, 7) is 9.72. The first-order chi connectivity index (χ1) is 34.7. The lowest BCUT2D eigenvalue weighted by atomic mass is 9.85. The van der Waals surface area contributed by atoms with Crippen molar-refractivity contribution in [3.8, 4) is 27.7 Å². The number of hydrogen-bond donors (Lipinski definition) is 5. The topological polar surface area (TPSA) is 242 Å². The summed E-state index contributed by atoms with van der Waals surface area (Å²) in [7, 11) is -1.15. The predicted octanol–water partition coefficient (Wildman–Crippen LogP) is 5.64. The van der Waals surface area contributed by atoms with Gasteiger partial charge in [0, 0.05) is 64.5 Å². The maximum Gasteiger partial charge on any atom is 0.328 e. The van der Waals surface area contributed by atoms with Crippen molar-refractivity contribution in [3.63, 3.8) is 0 Å². The molecule has 21 heteroatoms. The fourth-order valence-corrected chi connectivity index (χ4v) is 10.2. The third-order valence-corrected chi connectivity index (χ3v) is 14.6. The van der Waals surface area contributed by atoms with Gasteiger partial charge in [-0.2, -0.15) is 0 Å². The van der Waals surface area contributed by atoms with Crippen LogP contribution in [0.25, 0.3) is 21.5 Å². The van der Waals surface area contributed by atoms with Crippen molar-refractivity contribution in [1.29, 1.82) is 0 Å². The van der Waals surface area contributed by atoms with E-state index in [0.29, 0.717) is 35.6 Å². The molecule has 2 aromatic heterocycles. The van der Waals surface area contributed by atoms with Gasteiger partial charge in [-0.25, -0.2) is 18.2 Å². The van der Waals surface area contributed by atoms with Crippen LogP contribution in [0.1, 0.15) is 68.6 Å². The lowest BCUT2D eigenvalue weighted by molar-refractivity contribution is -0.144. The van der Waals surface area contributed by atoms with E-state index in [1.165, 1.54) is 44.4 Å². The Kier molecular flexibility index (Phi) is 17.1. The highest BCUT2D eigenvalue weighted by Gasteiger charge is 2.44. The minimum Gasteiger partial charge on any atom is -0.493 e. The second-order valence-corrected chi connectivity index (χ2v) is 21.4. The number of rotatable bonds is 21. The number of aliphatic hydroxyl groups excluding tert-OH is 1. The summed E-state index contributed by atoms with van der Waals surface area (Å²) in [5.41, 5.74) is 4.60. The molecule has 1 fully saturated rings. The molecule has 1 aliphatic rings. The number of aliphatic hydroxyl groups is 1. The highest BCUT2D eigenvalue weighted by atomic mass is 32.2. The SMILES string of the molecule is CCCOc1cccc(Oc2cc3c(cc2NS(=O)(=O)c2cccc(C(=O)NCCCOCC(=O)N[C@H](C(=O)N4C[C@H](O)C[C@H]4C(=O)NCc4ccc(-c5scnc5C)cc4)C(C)(C)C)c2)n(C)c(=O)n3C)c1. The van der Waals surface area contributed by atoms with Gasteiger partial charge in [-0.3, -0.25) is 33.0 Å². The molecule has 6 aromatic rings. The maximum atomic E-state index is 14.0. The number of imidazole rings is 1. The molecular formula is C52H62N8O11S2. The monoisotopic (exact) mass is 1040 g/mol. The first-order valence-electron chi connectivity index (χ1n) is 23.9. The Labute approximate surface area is 427 Å². The van der Waals surface area contributed by atoms with Gasteiger partial charge in [-0.15, -0.1) is 11.3 Å². The van der Waals surface area contributed by atoms with E-state index in [-0.39, 0.29) is 60.2 Å². The standard InChI is InChI=1S/C52H62N8O11S2/c1-8-21-70-37-13-10-14-38(25-37)71-44-27-42-41(58(6)51(66)59(42)7)26-40(44)57-73(67,68)39-15-9-12-35(23-39)48(63)53-20-11-22-69-30-45(62)56-47(52(3,4)5)50(65)60-29-36(61)24-43(60)49(64)54-28-33-16-18-34(19-17-33)46-32(2)55-31-72-46/h9-10,12-19,23,25-27,31,36,43,47,57,61H,8,11,20-22,24,28-30H2,1-7H3,(H,53,63)(H,54,64)(H,56,62)/t36-,43+,47-/m1/s1. The van der Waals surface area contributed by atoms with Crippen LogP contribution in [-0.4, -0.2) is 107 Å². The van der Waals surface area contributed by atoms with Gasteiger partial charge in [-0.1, -0.05) is 64.1 Å². The molecule has 388 valence electrons. The molecule has 7 rings (SSSR count). The number of thiazole rings is 1. The number of sulfonamides is 1. The number of aromatic nitrogens is 3. The molecule has 73 heavy (non-hydrogen) atoms. The van der Waals surface area contributed by atoms with Crippen molar-refractivity contribution in [3.05, 3.63) is 118 Å². The molecular weight excluding hydrogens is 977 g/mol. The number of fused-ring (bicyclic) bond motifs is 1. The molecule has 0 saturated carbocycles. The Bertz CT molecular complexity index is 3140. The van der Waals surface area contributed by atoms with Crippen LogP contribution in [0.4, 0.5) is 5.69 Å². The fraction of sp³-hybridized carbons (Fsp3) is 0.385. The number of amides is 4. The fourth-order valence-electron chi connectivity index (χ4n) is 8.30. The van der Waals surface area contributed by atoms with Crippen LogP contribution in [0.5, 0.6) is 17.2 Å². The summed E-state index contributed by atoms with van der Waals surface area (Å²) >= 11 is 1.55. The summed E-state index contributed by atoms with van der Waals surface area (Å²) in [4.78, 5) is 73.3. The Hall–Kier alpha value is -7.07. The van der Waals surface area contributed by atoms with Gasteiger partial charge in [0.1, 0.15) is 30.2 Å². The average molecular weight is 1040 g/mol. The number of ether oxygens (including phenoxy) is 3. The van der Waals surface area contributed by atoms with Crippen LogP contribution < -0.4 is 35.8 Å². The largest absolute Gasteiger partial charge is 0.493 e. The zero-order valence-electron chi connectivity index (χ0n) is 41.9. The van der Waals surface area contributed by atoms with Crippen molar-refractivity contribution >= 4 is 61.7 Å². The molecule has 0 radical (unpaired) electrons. The van der Waals surface area contributed by atoms with Crippen molar-refractivity contribution in [2.24, 2.45) is 19.5 Å². The minimum atomic E-state index is -4.33. The lowest BCUT2D eigenvalue weighted by Gasteiger charge is -2.35. The first-order valence-corrected chi connectivity index (χ1v) is 26.2. The number of hydrogen-bond acceptors (Lipinski definition) is 13. The smallest absolute Gasteiger partial charge is 0.328 e. The second-order valence-electron chi connectivity index (χ2n) is 18.9. The molecule has 0 bridgehead atoms. The molecule has 0 unspecified atom stereocenters. The number of anilines is 1. The Morgan fingerprint density at radius 1 is 0.918 bits per heavy atom. The maximum absolute atomic E-state index is 14.0. The summed E-state index contributed by atoms with van der Waals surface area (Å²) in [5, 5.41) is 19.0. The normalized spacial score (nSPS) is 15.2. The van der Waals surface area contributed by atoms with Gasteiger partial charge in [0.15, 0.2) is 5.75 Å². The van der Waals surface area contributed by atoms with Crippen LogP contribution in [0.15, 0.2) is 100 Å². The Balaban J connectivity index is 0.901. The molecule has 1 aliphatic heterocycles. The number of nitrogens with one attached hydrogen (secondary N) is 4. The third-order valence-electron chi connectivity index (χ3n) is 12.2. The van der Waals surface area contributed by atoms with Gasteiger partial charge in [0.2, 0.25) is 17.7 Å². The number of likely N-dealkylation sites (tertiary alicyclic amines) is 1. The van der Waals surface area contributed by atoms with E-state index in [2.05, 4.69) is 25.7 Å². The number of aryl methyl sites for hydroxylation is 3. The second kappa shape index (κ2) is 23.2. The molecule has 4 amide bonds. The van der Waals surface area contributed by atoms with Gasteiger partial charge >= 0.3 is 5.69 Å². The van der Waals surface area contributed by atoms with Crippen LogP contribution in [0, 0.1) is 12.3 Å². The summed E-state index contributed by atoms with van der Waals surface area (Å²) in [5.74, 6) is -0.982. The van der Waals surface area contributed by atoms with Crippen molar-refractivity contribution in [1.82, 2.24) is 35.0 Å². The molecule has 3 heterocycles. The number of nitrogens with zero attached hydrogens (tertiary/aromatic N) is 4. The Morgan fingerprint density at radius 2 is 1.63 bits per heavy atom. The predicted molar refractivity (Wildman–Crippen MR) is 277 cm³/mol. The summed E-state index contributed by atoms with van der Waals surface area (Å²) in [6.07, 6.45) is 0.216. The van der Waals surface area contributed by atoms with Crippen LogP contribution in [0.3, 0.4) is 0 Å². The van der Waals surface area contributed by atoms with Gasteiger partial charge in [0.25, 0.3) is 15.9 Å². The summed E-state index contributed by atoms with van der Waals surface area (Å²) < 4.78 is 50.8. The van der Waals surface area contributed by atoms with Crippen molar-refractivity contribution in [2.75, 3.05) is 37.6 Å². The van der Waals surface area contributed by atoms with Crippen LogP contribution in [0.2, 0.25) is 0 Å². The molecule has 4 aromatic carbocycles. The van der Waals surface area contributed by atoms with E-state index in [1.54, 1.807) is 82.0 Å². The van der Waals surface area contributed by atoms with Crippen molar-refractivity contribution in [2.45, 2.75) is 83.5 Å². The zero-order valence-corrected chi connectivity index (χ0v) is 43.5. The number of carbonyl (C=O) groups is 4. The molecule has 3 atom stereocenters. The highest BCUT2D eigenvalue weighted by Crippen LogP contribution is 2.36. The van der Waals surface area contributed by atoms with Crippen LogP contribution in [-0.2, 0) is 49.8 Å². The van der Waals surface area contributed by atoms with Gasteiger partial charge in [-0.05, 0) is 72.7 Å². The van der Waals surface area contributed by atoms with E-state index in [0.717, 1.165) is 28.1 Å².